The maximum Gasteiger partial charge on any atom is 0.157 e. The molecule has 0 aliphatic heterocycles. The number of nitrogens with one attached hydrogen (secondary N) is 1. The van der Waals surface area contributed by atoms with Crippen LogP contribution in [0.15, 0.2) is 85.1 Å². The first-order valence-electron chi connectivity index (χ1n) is 8.27. The molecule has 5 aromatic rings. The average molecular weight is 321 g/mol. The molecule has 0 spiro atoms. The molecule has 0 unspecified atom stereocenters. The van der Waals surface area contributed by atoms with Crippen molar-refractivity contribution in [1.82, 2.24) is 15.0 Å². The Labute approximate surface area is 145 Å². The fourth-order valence-corrected chi connectivity index (χ4v) is 3.15. The number of pyridine rings is 1. The molecule has 0 fully saturated rings. The van der Waals surface area contributed by atoms with Crippen molar-refractivity contribution in [1.29, 1.82) is 0 Å². The van der Waals surface area contributed by atoms with Gasteiger partial charge in [0.2, 0.25) is 0 Å². The van der Waals surface area contributed by atoms with Crippen LogP contribution in [0, 0.1) is 0 Å². The Morgan fingerprint density at radius 3 is 2.36 bits per heavy atom. The van der Waals surface area contributed by atoms with Gasteiger partial charge >= 0.3 is 0 Å². The summed E-state index contributed by atoms with van der Waals surface area (Å²) in [5, 5.41) is 2.30. The summed E-state index contributed by atoms with van der Waals surface area (Å²) >= 11 is 0. The van der Waals surface area contributed by atoms with Gasteiger partial charge in [-0.1, -0.05) is 60.7 Å². The zero-order valence-corrected chi connectivity index (χ0v) is 13.5. The van der Waals surface area contributed by atoms with Crippen LogP contribution in [0.1, 0.15) is 0 Å². The molecule has 2 aromatic heterocycles. The first kappa shape index (κ1) is 13.9. The van der Waals surface area contributed by atoms with E-state index in [1.807, 2.05) is 24.4 Å². The van der Waals surface area contributed by atoms with Crippen molar-refractivity contribution in [2.24, 2.45) is 0 Å². The molecule has 0 atom stereocenters. The quantitative estimate of drug-likeness (QED) is 0.470. The highest BCUT2D eigenvalue weighted by Gasteiger charge is 2.08. The number of hydrogen-bond donors (Lipinski definition) is 1. The molecule has 0 bridgehead atoms. The van der Waals surface area contributed by atoms with Gasteiger partial charge in [0, 0.05) is 11.6 Å². The molecule has 118 valence electrons. The van der Waals surface area contributed by atoms with E-state index in [1.165, 1.54) is 11.1 Å². The topological polar surface area (TPSA) is 41.6 Å². The van der Waals surface area contributed by atoms with Crippen molar-refractivity contribution >= 4 is 21.8 Å². The normalized spacial score (nSPS) is 11.2. The van der Waals surface area contributed by atoms with E-state index in [0.29, 0.717) is 0 Å². The molecule has 3 heteroatoms. The number of H-pyrrole nitrogens is 1. The lowest BCUT2D eigenvalue weighted by molar-refractivity contribution is 1.25. The van der Waals surface area contributed by atoms with Gasteiger partial charge in [0.05, 0.1) is 11.0 Å². The molecule has 0 aliphatic rings. The summed E-state index contributed by atoms with van der Waals surface area (Å²) in [5.41, 5.74) is 5.20. The molecule has 3 aromatic carbocycles. The number of fused-ring (bicyclic) bond motifs is 2. The monoisotopic (exact) mass is 321 g/mol. The van der Waals surface area contributed by atoms with Crippen LogP contribution in [0.25, 0.3) is 44.5 Å². The van der Waals surface area contributed by atoms with Crippen LogP contribution >= 0.6 is 0 Å². The maximum absolute atomic E-state index is 4.71. The number of nitrogens with zero attached hydrogens (tertiary/aromatic N) is 2. The number of aromatic nitrogens is 3. The van der Waals surface area contributed by atoms with Crippen LogP contribution in [0.3, 0.4) is 0 Å². The smallest absolute Gasteiger partial charge is 0.157 e. The zero-order chi connectivity index (χ0) is 16.6. The van der Waals surface area contributed by atoms with Gasteiger partial charge in [-0.25, -0.2) is 4.98 Å². The Hall–Kier alpha value is -3.46. The molecule has 2 heterocycles. The van der Waals surface area contributed by atoms with Crippen LogP contribution in [0.2, 0.25) is 0 Å². The molecule has 1 N–H and O–H groups in total. The predicted molar refractivity (Wildman–Crippen MR) is 102 cm³/mol. The third-order valence-corrected chi connectivity index (χ3v) is 4.46. The van der Waals surface area contributed by atoms with Gasteiger partial charge in [0.25, 0.3) is 0 Å². The van der Waals surface area contributed by atoms with Crippen LogP contribution in [0.4, 0.5) is 0 Å². The van der Waals surface area contributed by atoms with Crippen LogP contribution in [-0.4, -0.2) is 15.0 Å². The highest BCUT2D eigenvalue weighted by atomic mass is 14.9. The van der Waals surface area contributed by atoms with Crippen LogP contribution < -0.4 is 0 Å². The van der Waals surface area contributed by atoms with Gasteiger partial charge < -0.3 is 4.98 Å². The first-order chi connectivity index (χ1) is 12.4. The largest absolute Gasteiger partial charge is 0.337 e. The summed E-state index contributed by atoms with van der Waals surface area (Å²) in [4.78, 5) is 12.7. The molecule has 25 heavy (non-hydrogen) atoms. The summed E-state index contributed by atoms with van der Waals surface area (Å²) in [6.07, 6.45) is 1.90. The minimum atomic E-state index is 0.797. The fourth-order valence-electron chi connectivity index (χ4n) is 3.15. The molecule has 0 amide bonds. The highest BCUT2D eigenvalue weighted by molar-refractivity contribution is 5.87. The Kier molecular flexibility index (Phi) is 3.10. The Morgan fingerprint density at radius 1 is 0.680 bits per heavy atom. The second kappa shape index (κ2) is 5.56. The van der Waals surface area contributed by atoms with Gasteiger partial charge in [0.15, 0.2) is 5.82 Å². The van der Waals surface area contributed by atoms with Crippen molar-refractivity contribution in [2.45, 2.75) is 0 Å². The van der Waals surface area contributed by atoms with E-state index in [2.05, 4.69) is 70.6 Å². The minimum absolute atomic E-state index is 0.797. The Bertz CT molecular complexity index is 1190. The highest BCUT2D eigenvalue weighted by Crippen LogP contribution is 2.26. The summed E-state index contributed by atoms with van der Waals surface area (Å²) in [6.45, 7) is 0. The molecular formula is C22H15N3. The SMILES string of the molecule is c1ccc(-c2ccc3nc(-c4cc5ccccc5cn4)[nH]c3c2)cc1. The molecule has 0 aliphatic carbocycles. The molecule has 0 radical (unpaired) electrons. The summed E-state index contributed by atoms with van der Waals surface area (Å²) < 4.78 is 0. The summed E-state index contributed by atoms with van der Waals surface area (Å²) in [6, 6.07) is 27.0. The number of aromatic amines is 1. The molecule has 0 saturated carbocycles. The number of benzene rings is 3. The van der Waals surface area contributed by atoms with Crippen molar-refractivity contribution in [2.75, 3.05) is 0 Å². The standard InChI is InChI=1S/C22H15N3/c1-2-6-15(7-3-1)17-10-11-19-20(12-17)25-22(24-19)21-13-16-8-4-5-9-18(16)14-23-21/h1-14H,(H,24,25). The lowest BCUT2D eigenvalue weighted by atomic mass is 10.1. The molecular weight excluding hydrogens is 306 g/mol. The van der Waals surface area contributed by atoms with Crippen molar-refractivity contribution in [3.05, 3.63) is 85.1 Å². The number of rotatable bonds is 2. The lowest BCUT2D eigenvalue weighted by Crippen LogP contribution is -1.85. The predicted octanol–water partition coefficient (Wildman–Crippen LogP) is 5.45. The van der Waals surface area contributed by atoms with Crippen molar-refractivity contribution < 1.29 is 0 Å². The Balaban J connectivity index is 1.62. The van der Waals surface area contributed by atoms with Crippen LogP contribution in [-0.2, 0) is 0 Å². The second-order valence-electron chi connectivity index (χ2n) is 6.10. The van der Waals surface area contributed by atoms with E-state index < -0.39 is 0 Å². The third-order valence-electron chi connectivity index (χ3n) is 4.46. The molecule has 3 nitrogen and oxygen atoms in total. The van der Waals surface area contributed by atoms with E-state index in [-0.39, 0.29) is 0 Å². The van der Waals surface area contributed by atoms with Crippen molar-refractivity contribution in [3.8, 4) is 22.6 Å². The van der Waals surface area contributed by atoms with Gasteiger partial charge in [-0.05, 0) is 34.7 Å². The van der Waals surface area contributed by atoms with E-state index in [1.54, 1.807) is 0 Å². The summed E-state index contributed by atoms with van der Waals surface area (Å²) in [5.74, 6) is 0.797. The maximum atomic E-state index is 4.71. The zero-order valence-electron chi connectivity index (χ0n) is 13.5. The van der Waals surface area contributed by atoms with E-state index in [4.69, 9.17) is 4.98 Å². The van der Waals surface area contributed by atoms with E-state index in [9.17, 15) is 0 Å². The minimum Gasteiger partial charge on any atom is -0.337 e. The number of hydrogen-bond acceptors (Lipinski definition) is 2. The lowest BCUT2D eigenvalue weighted by Gasteiger charge is -2.00. The fraction of sp³-hybridized carbons (Fsp3) is 0. The molecule has 5 rings (SSSR count). The van der Waals surface area contributed by atoms with Gasteiger partial charge in [-0.15, -0.1) is 0 Å². The van der Waals surface area contributed by atoms with Crippen molar-refractivity contribution in [3.63, 3.8) is 0 Å². The van der Waals surface area contributed by atoms with Gasteiger partial charge in [-0.2, -0.15) is 0 Å². The first-order valence-corrected chi connectivity index (χ1v) is 8.27. The van der Waals surface area contributed by atoms with Gasteiger partial charge in [-0.3, -0.25) is 4.98 Å². The number of imidazole rings is 1. The third kappa shape index (κ3) is 2.46. The van der Waals surface area contributed by atoms with Gasteiger partial charge in [0.1, 0.15) is 5.69 Å². The second-order valence-corrected chi connectivity index (χ2v) is 6.10. The molecule has 0 saturated heterocycles. The summed E-state index contributed by atoms with van der Waals surface area (Å²) in [7, 11) is 0. The Morgan fingerprint density at radius 2 is 1.48 bits per heavy atom. The average Bonchev–Trinajstić information content (AvgIpc) is 3.11. The van der Waals surface area contributed by atoms with Crippen LogP contribution in [0.5, 0.6) is 0 Å². The van der Waals surface area contributed by atoms with E-state index in [0.717, 1.165) is 33.3 Å². The van der Waals surface area contributed by atoms with E-state index >= 15 is 0 Å².